The van der Waals surface area contributed by atoms with E-state index in [4.69, 9.17) is 4.74 Å². The summed E-state index contributed by atoms with van der Waals surface area (Å²) in [6.07, 6.45) is 7.56. The molecular weight excluding hydrogens is 228 g/mol. The molecule has 1 heterocycles. The van der Waals surface area contributed by atoms with Crippen molar-refractivity contribution in [2.45, 2.75) is 69.9 Å². The number of hydrogen-bond acceptors (Lipinski definition) is 3. The largest absolute Gasteiger partial charge is 0.388 e. The van der Waals surface area contributed by atoms with Gasteiger partial charge in [0, 0.05) is 0 Å². The van der Waals surface area contributed by atoms with Crippen molar-refractivity contribution in [2.75, 3.05) is 0 Å². The van der Waals surface area contributed by atoms with Crippen LogP contribution in [0.1, 0.15) is 47.0 Å². The summed E-state index contributed by atoms with van der Waals surface area (Å²) < 4.78 is 5.92. The first-order valence-corrected chi connectivity index (χ1v) is 6.52. The van der Waals surface area contributed by atoms with Crippen molar-refractivity contribution in [1.82, 2.24) is 0 Å². The van der Waals surface area contributed by atoms with Crippen LogP contribution in [-0.4, -0.2) is 33.1 Å². The maximum absolute atomic E-state index is 9.94. The Kier molecular flexibility index (Phi) is 4.42. The van der Waals surface area contributed by atoms with E-state index in [9.17, 15) is 10.2 Å². The van der Waals surface area contributed by atoms with Gasteiger partial charge in [0.05, 0.1) is 22.9 Å². The Balaban J connectivity index is 2.58. The van der Waals surface area contributed by atoms with Crippen molar-refractivity contribution in [3.8, 4) is 0 Å². The van der Waals surface area contributed by atoms with Crippen molar-refractivity contribution in [2.24, 2.45) is 0 Å². The molecule has 3 atom stereocenters. The van der Waals surface area contributed by atoms with Gasteiger partial charge in [-0.05, 0) is 47.0 Å². The van der Waals surface area contributed by atoms with Gasteiger partial charge in [-0.25, -0.2) is 0 Å². The van der Waals surface area contributed by atoms with E-state index in [0.29, 0.717) is 6.42 Å². The molecule has 3 heteroatoms. The highest BCUT2D eigenvalue weighted by Crippen LogP contribution is 2.36. The first kappa shape index (κ1) is 15.4. The number of ether oxygens (including phenoxy) is 1. The Hall–Kier alpha value is -0.640. The molecule has 1 aliphatic rings. The highest BCUT2D eigenvalue weighted by molar-refractivity contribution is 5.08. The molecule has 0 aliphatic carbocycles. The van der Waals surface area contributed by atoms with Crippen LogP contribution in [0, 0.1) is 0 Å². The standard InChI is InChI=1S/C15H26O3/c1-6-14(4,17)9-7-10-15(5)11-8-12(18-15)13(2,3)16/h6-7,10,12,16-17H,1,8-9,11H2,2-5H3/t12-,14-,15+/m1/s1. The van der Waals surface area contributed by atoms with Gasteiger partial charge in [0.25, 0.3) is 0 Å². The summed E-state index contributed by atoms with van der Waals surface area (Å²) in [5.74, 6) is 0. The van der Waals surface area contributed by atoms with Gasteiger partial charge >= 0.3 is 0 Å². The molecule has 0 amide bonds. The van der Waals surface area contributed by atoms with Crippen LogP contribution in [0.4, 0.5) is 0 Å². The average molecular weight is 254 g/mol. The fourth-order valence-corrected chi connectivity index (χ4v) is 2.11. The molecule has 0 saturated carbocycles. The normalized spacial score (nSPS) is 32.7. The SMILES string of the molecule is C=C[C@@](C)(O)CC=C[C@@]1(C)CC[C@H](C(C)(C)O)O1. The molecule has 18 heavy (non-hydrogen) atoms. The second-order valence-electron chi connectivity index (χ2n) is 6.28. The molecule has 1 saturated heterocycles. The summed E-state index contributed by atoms with van der Waals surface area (Å²) in [5.41, 5.74) is -2.03. The predicted octanol–water partition coefficient (Wildman–Crippen LogP) is 2.58. The third kappa shape index (κ3) is 4.23. The second-order valence-corrected chi connectivity index (χ2v) is 6.28. The Morgan fingerprint density at radius 3 is 2.44 bits per heavy atom. The van der Waals surface area contributed by atoms with Gasteiger partial charge in [-0.1, -0.05) is 18.2 Å². The maximum atomic E-state index is 9.94. The summed E-state index contributed by atoms with van der Waals surface area (Å²) >= 11 is 0. The molecule has 1 aliphatic heterocycles. The van der Waals surface area contributed by atoms with Crippen LogP contribution in [0.3, 0.4) is 0 Å². The van der Waals surface area contributed by atoms with Gasteiger partial charge in [-0.15, -0.1) is 6.58 Å². The van der Waals surface area contributed by atoms with Crippen LogP contribution >= 0.6 is 0 Å². The van der Waals surface area contributed by atoms with Gasteiger partial charge in [0.1, 0.15) is 0 Å². The minimum atomic E-state index is -0.874. The lowest BCUT2D eigenvalue weighted by Crippen LogP contribution is -2.37. The van der Waals surface area contributed by atoms with E-state index in [-0.39, 0.29) is 11.7 Å². The molecule has 104 valence electrons. The minimum absolute atomic E-state index is 0.132. The molecule has 0 spiro atoms. The van der Waals surface area contributed by atoms with Gasteiger partial charge in [0.2, 0.25) is 0 Å². The lowest BCUT2D eigenvalue weighted by molar-refractivity contribution is -0.0999. The molecule has 0 unspecified atom stereocenters. The van der Waals surface area contributed by atoms with Crippen LogP contribution < -0.4 is 0 Å². The van der Waals surface area contributed by atoms with E-state index in [2.05, 4.69) is 6.58 Å². The van der Waals surface area contributed by atoms with E-state index in [0.717, 1.165) is 12.8 Å². The summed E-state index contributed by atoms with van der Waals surface area (Å²) in [5, 5.41) is 19.8. The quantitative estimate of drug-likeness (QED) is 0.741. The first-order chi connectivity index (χ1) is 8.08. The Bertz CT molecular complexity index is 325. The number of hydrogen-bond donors (Lipinski definition) is 2. The van der Waals surface area contributed by atoms with Gasteiger partial charge in [-0.3, -0.25) is 0 Å². The molecule has 0 aromatic heterocycles. The maximum Gasteiger partial charge on any atom is 0.0869 e. The monoisotopic (exact) mass is 254 g/mol. The summed E-state index contributed by atoms with van der Waals surface area (Å²) in [4.78, 5) is 0. The van der Waals surface area contributed by atoms with Gasteiger partial charge in [0.15, 0.2) is 0 Å². The molecule has 0 radical (unpaired) electrons. The lowest BCUT2D eigenvalue weighted by Gasteiger charge is -2.28. The molecule has 0 aromatic carbocycles. The number of aliphatic hydroxyl groups is 2. The Morgan fingerprint density at radius 2 is 2.00 bits per heavy atom. The molecule has 0 aromatic rings. The molecule has 1 fully saturated rings. The summed E-state index contributed by atoms with van der Waals surface area (Å²) in [6, 6.07) is 0. The zero-order valence-electron chi connectivity index (χ0n) is 11.9. The number of rotatable bonds is 5. The smallest absolute Gasteiger partial charge is 0.0869 e. The van der Waals surface area contributed by atoms with Gasteiger partial charge in [-0.2, -0.15) is 0 Å². The van der Waals surface area contributed by atoms with E-state index in [1.54, 1.807) is 20.8 Å². The van der Waals surface area contributed by atoms with Crippen molar-refractivity contribution >= 4 is 0 Å². The zero-order valence-corrected chi connectivity index (χ0v) is 11.9. The van der Waals surface area contributed by atoms with Crippen molar-refractivity contribution in [3.63, 3.8) is 0 Å². The molecule has 3 nitrogen and oxygen atoms in total. The fraction of sp³-hybridized carbons (Fsp3) is 0.733. The van der Waals surface area contributed by atoms with Crippen molar-refractivity contribution in [1.29, 1.82) is 0 Å². The zero-order chi connectivity index (χ0) is 14.0. The molecule has 2 N–H and O–H groups in total. The third-order valence-corrected chi connectivity index (χ3v) is 3.54. The average Bonchev–Trinajstić information content (AvgIpc) is 2.60. The van der Waals surface area contributed by atoms with Crippen LogP contribution in [0.2, 0.25) is 0 Å². The minimum Gasteiger partial charge on any atom is -0.388 e. The van der Waals surface area contributed by atoms with Crippen molar-refractivity contribution in [3.05, 3.63) is 24.8 Å². The Morgan fingerprint density at radius 1 is 1.39 bits per heavy atom. The van der Waals surface area contributed by atoms with E-state index < -0.39 is 11.2 Å². The summed E-state index contributed by atoms with van der Waals surface area (Å²) in [7, 11) is 0. The van der Waals surface area contributed by atoms with E-state index in [1.807, 2.05) is 19.1 Å². The second kappa shape index (κ2) is 5.16. The van der Waals surface area contributed by atoms with E-state index >= 15 is 0 Å². The highest BCUT2D eigenvalue weighted by Gasteiger charge is 2.40. The van der Waals surface area contributed by atoms with Crippen LogP contribution in [-0.2, 0) is 4.74 Å². The fourth-order valence-electron chi connectivity index (χ4n) is 2.11. The molecular formula is C15H26O3. The first-order valence-electron chi connectivity index (χ1n) is 6.52. The summed E-state index contributed by atoms with van der Waals surface area (Å²) in [6.45, 7) is 10.9. The van der Waals surface area contributed by atoms with Crippen LogP contribution in [0.5, 0.6) is 0 Å². The molecule has 0 bridgehead atoms. The highest BCUT2D eigenvalue weighted by atomic mass is 16.5. The van der Waals surface area contributed by atoms with Gasteiger partial charge < -0.3 is 14.9 Å². The lowest BCUT2D eigenvalue weighted by atomic mass is 9.95. The molecule has 1 rings (SSSR count). The van der Waals surface area contributed by atoms with Crippen LogP contribution in [0.25, 0.3) is 0 Å². The predicted molar refractivity (Wildman–Crippen MR) is 73.4 cm³/mol. The van der Waals surface area contributed by atoms with E-state index in [1.165, 1.54) is 6.08 Å². The van der Waals surface area contributed by atoms with Crippen LogP contribution in [0.15, 0.2) is 24.8 Å². The van der Waals surface area contributed by atoms with Crippen molar-refractivity contribution < 1.29 is 14.9 Å². The Labute approximate surface area is 110 Å². The third-order valence-electron chi connectivity index (χ3n) is 3.54. The topological polar surface area (TPSA) is 49.7 Å².